The monoisotopic (exact) mass is 935 g/mol. The SMILES string of the molecule is CC(C)(c1c(Br)ccc(OCC(Br)CBr)c1Br)c1c(Br)ccc(OCC(Br)CBr)c1Br. The summed E-state index contributed by atoms with van der Waals surface area (Å²) in [4.78, 5) is 0.462. The number of rotatable bonds is 10. The smallest absolute Gasteiger partial charge is 0.133 e. The van der Waals surface area contributed by atoms with Gasteiger partial charge in [0.15, 0.2) is 0 Å². The molecule has 10 heteroatoms. The molecule has 0 saturated heterocycles. The molecule has 0 bridgehead atoms. The van der Waals surface area contributed by atoms with E-state index >= 15 is 0 Å². The Kier molecular flexibility index (Phi) is 12.5. The predicted molar refractivity (Wildman–Crippen MR) is 160 cm³/mol. The van der Waals surface area contributed by atoms with E-state index in [9.17, 15) is 0 Å². The molecular formula is C21H20Br8O2. The van der Waals surface area contributed by atoms with Crippen molar-refractivity contribution in [1.29, 1.82) is 0 Å². The Morgan fingerprint density at radius 3 is 1.39 bits per heavy atom. The van der Waals surface area contributed by atoms with Gasteiger partial charge in [-0.05, 0) is 67.3 Å². The van der Waals surface area contributed by atoms with Crippen LogP contribution < -0.4 is 9.47 Å². The molecule has 0 aliphatic heterocycles. The lowest BCUT2D eigenvalue weighted by atomic mass is 9.78. The number of benzene rings is 2. The maximum atomic E-state index is 6.08. The third-order valence-electron chi connectivity index (χ3n) is 4.54. The molecule has 2 unspecified atom stereocenters. The summed E-state index contributed by atoms with van der Waals surface area (Å²) in [5.74, 6) is 1.60. The van der Waals surface area contributed by atoms with Crippen LogP contribution in [0.25, 0.3) is 0 Å². The van der Waals surface area contributed by atoms with E-state index in [0.717, 1.165) is 51.2 Å². The van der Waals surface area contributed by atoms with Gasteiger partial charge >= 0.3 is 0 Å². The average Bonchev–Trinajstić information content (AvgIpc) is 2.71. The van der Waals surface area contributed by atoms with Crippen molar-refractivity contribution in [2.24, 2.45) is 0 Å². The minimum Gasteiger partial charge on any atom is -0.491 e. The van der Waals surface area contributed by atoms with Crippen molar-refractivity contribution >= 4 is 127 Å². The molecule has 0 fully saturated rings. The van der Waals surface area contributed by atoms with Gasteiger partial charge < -0.3 is 9.47 Å². The molecule has 0 saturated carbocycles. The standard InChI is InChI=1S/C21H20Br8O2/c1-21(2,17-13(26)3-5-15(19(17)28)30-9-11(24)7-22)18-14(27)4-6-16(20(18)29)31-10-12(25)8-23/h3-6,11-12H,7-10H2,1-2H3. The fourth-order valence-corrected chi connectivity index (χ4v) is 7.74. The second-order valence-electron chi connectivity index (χ2n) is 7.22. The summed E-state index contributed by atoms with van der Waals surface area (Å²) in [5, 5.41) is 1.63. The summed E-state index contributed by atoms with van der Waals surface area (Å²) in [5.41, 5.74) is 1.79. The summed E-state index contributed by atoms with van der Waals surface area (Å²) in [6.07, 6.45) is 0. The van der Waals surface area contributed by atoms with Crippen LogP contribution in [0.4, 0.5) is 0 Å². The van der Waals surface area contributed by atoms with E-state index < -0.39 is 0 Å². The lowest BCUT2D eigenvalue weighted by Crippen LogP contribution is -2.23. The Morgan fingerprint density at radius 2 is 1.06 bits per heavy atom. The van der Waals surface area contributed by atoms with Crippen molar-refractivity contribution in [3.63, 3.8) is 0 Å². The van der Waals surface area contributed by atoms with E-state index in [0.29, 0.717) is 13.2 Å². The topological polar surface area (TPSA) is 18.5 Å². The molecule has 0 N–H and O–H groups in total. The van der Waals surface area contributed by atoms with E-state index in [-0.39, 0.29) is 15.1 Å². The number of alkyl halides is 4. The molecule has 0 aliphatic carbocycles. The van der Waals surface area contributed by atoms with Gasteiger partial charge in [-0.25, -0.2) is 0 Å². The van der Waals surface area contributed by atoms with Crippen molar-refractivity contribution in [3.8, 4) is 11.5 Å². The second-order valence-corrected chi connectivity index (χ2v) is 14.4. The van der Waals surface area contributed by atoms with Crippen LogP contribution in [-0.2, 0) is 5.41 Å². The largest absolute Gasteiger partial charge is 0.491 e. The lowest BCUT2D eigenvalue weighted by molar-refractivity contribution is 0.321. The molecule has 2 rings (SSSR count). The number of hydrogen-bond donors (Lipinski definition) is 0. The van der Waals surface area contributed by atoms with Gasteiger partial charge in [-0.2, -0.15) is 0 Å². The third kappa shape index (κ3) is 7.43. The third-order valence-corrected chi connectivity index (χ3v) is 11.9. The Hall–Kier alpha value is 1.88. The van der Waals surface area contributed by atoms with Crippen molar-refractivity contribution in [1.82, 2.24) is 0 Å². The maximum absolute atomic E-state index is 6.08. The van der Waals surface area contributed by atoms with Crippen molar-refractivity contribution < 1.29 is 9.47 Å². The van der Waals surface area contributed by atoms with Gasteiger partial charge in [0, 0.05) is 25.0 Å². The summed E-state index contributed by atoms with van der Waals surface area (Å²) in [6.45, 7) is 5.49. The van der Waals surface area contributed by atoms with E-state index in [4.69, 9.17) is 9.47 Å². The van der Waals surface area contributed by atoms with Gasteiger partial charge in [0.2, 0.25) is 0 Å². The van der Waals surface area contributed by atoms with Gasteiger partial charge in [0.1, 0.15) is 24.7 Å². The van der Waals surface area contributed by atoms with Gasteiger partial charge in [-0.3, -0.25) is 0 Å². The number of halogens is 8. The lowest BCUT2D eigenvalue weighted by Gasteiger charge is -2.32. The summed E-state index contributed by atoms with van der Waals surface area (Å²) < 4.78 is 16.0. The first kappa shape index (κ1) is 29.1. The first-order valence-corrected chi connectivity index (χ1v) is 16.4. The normalized spacial score (nSPS) is 13.7. The van der Waals surface area contributed by atoms with Gasteiger partial charge in [-0.15, -0.1) is 0 Å². The molecular weight excluding hydrogens is 923 g/mol. The van der Waals surface area contributed by atoms with Crippen molar-refractivity contribution in [2.45, 2.75) is 28.9 Å². The highest BCUT2D eigenvalue weighted by Gasteiger charge is 2.34. The van der Waals surface area contributed by atoms with Gasteiger partial charge in [-0.1, -0.05) is 109 Å². The van der Waals surface area contributed by atoms with E-state index in [2.05, 4.69) is 141 Å². The molecule has 0 aliphatic rings. The molecule has 31 heavy (non-hydrogen) atoms. The Bertz CT molecular complexity index is 832. The van der Waals surface area contributed by atoms with Crippen LogP contribution in [-0.4, -0.2) is 33.5 Å². The first-order valence-electron chi connectivity index (χ1n) is 9.17. The molecule has 0 amide bonds. The molecule has 0 radical (unpaired) electrons. The van der Waals surface area contributed by atoms with E-state index in [1.807, 2.05) is 24.3 Å². The van der Waals surface area contributed by atoms with Crippen molar-refractivity contribution in [2.75, 3.05) is 23.9 Å². The fourth-order valence-electron chi connectivity index (χ4n) is 3.01. The fraction of sp³-hybridized carbons (Fsp3) is 0.429. The second kappa shape index (κ2) is 13.3. The highest BCUT2D eigenvalue weighted by molar-refractivity contribution is 9.12. The molecule has 0 heterocycles. The highest BCUT2D eigenvalue weighted by Crippen LogP contribution is 2.49. The van der Waals surface area contributed by atoms with Crippen LogP contribution in [0.15, 0.2) is 42.2 Å². The van der Waals surface area contributed by atoms with Crippen LogP contribution in [0.2, 0.25) is 0 Å². The quantitative estimate of drug-likeness (QED) is 0.221. The summed E-state index contributed by atoms with van der Waals surface area (Å²) in [6, 6.07) is 8.01. The Balaban J connectivity index is 2.51. The molecule has 2 aromatic carbocycles. The highest BCUT2D eigenvalue weighted by atomic mass is 79.9. The summed E-state index contributed by atoms with van der Waals surface area (Å²) >= 11 is 29.3. The van der Waals surface area contributed by atoms with Gasteiger partial charge in [0.25, 0.3) is 0 Å². The molecule has 0 aromatic heterocycles. The van der Waals surface area contributed by atoms with Crippen LogP contribution in [0.1, 0.15) is 25.0 Å². The Labute approximate surface area is 251 Å². The van der Waals surface area contributed by atoms with E-state index in [1.54, 1.807) is 0 Å². The van der Waals surface area contributed by atoms with Crippen LogP contribution >= 0.6 is 127 Å². The number of hydrogen-bond acceptors (Lipinski definition) is 2. The minimum atomic E-state index is -0.388. The Morgan fingerprint density at radius 1 is 0.710 bits per heavy atom. The zero-order valence-electron chi connectivity index (χ0n) is 16.6. The molecule has 172 valence electrons. The molecule has 0 spiro atoms. The minimum absolute atomic E-state index is 0.231. The first-order chi connectivity index (χ1) is 14.5. The van der Waals surface area contributed by atoms with Crippen LogP contribution in [0.5, 0.6) is 11.5 Å². The maximum Gasteiger partial charge on any atom is 0.133 e. The average molecular weight is 944 g/mol. The predicted octanol–water partition coefficient (Wildman–Crippen LogP) is 10.1. The molecule has 2 nitrogen and oxygen atoms in total. The van der Waals surface area contributed by atoms with Gasteiger partial charge in [0.05, 0.1) is 18.6 Å². The number of ether oxygens (including phenoxy) is 2. The molecule has 2 atom stereocenters. The molecule has 2 aromatic rings. The van der Waals surface area contributed by atoms with E-state index in [1.165, 1.54) is 0 Å². The van der Waals surface area contributed by atoms with Crippen LogP contribution in [0.3, 0.4) is 0 Å². The van der Waals surface area contributed by atoms with Crippen molar-refractivity contribution in [3.05, 3.63) is 53.3 Å². The van der Waals surface area contributed by atoms with Crippen LogP contribution in [0, 0.1) is 0 Å². The zero-order valence-corrected chi connectivity index (χ0v) is 29.3. The summed E-state index contributed by atoms with van der Waals surface area (Å²) in [7, 11) is 0. The zero-order chi connectivity index (χ0) is 23.3.